The van der Waals surface area contributed by atoms with Gasteiger partial charge in [-0.25, -0.2) is 4.98 Å². The van der Waals surface area contributed by atoms with Crippen molar-refractivity contribution in [3.63, 3.8) is 0 Å². The molecule has 0 unspecified atom stereocenters. The van der Waals surface area contributed by atoms with Crippen LogP contribution in [0.15, 0.2) is 54.6 Å². The average Bonchev–Trinajstić information content (AvgIpc) is 3.01. The van der Waals surface area contributed by atoms with Crippen molar-refractivity contribution in [1.29, 1.82) is 0 Å². The van der Waals surface area contributed by atoms with Gasteiger partial charge < -0.3 is 5.32 Å². The van der Waals surface area contributed by atoms with Crippen molar-refractivity contribution in [3.05, 3.63) is 75.3 Å². The van der Waals surface area contributed by atoms with Crippen LogP contribution in [0.1, 0.15) is 10.6 Å². The van der Waals surface area contributed by atoms with Crippen LogP contribution in [0.5, 0.6) is 0 Å². The van der Waals surface area contributed by atoms with E-state index in [0.29, 0.717) is 12.1 Å². The van der Waals surface area contributed by atoms with Crippen LogP contribution in [0.25, 0.3) is 16.3 Å². The summed E-state index contributed by atoms with van der Waals surface area (Å²) >= 11 is 1.52. The molecule has 1 N–H and O–H groups in total. The molecule has 2 aromatic carbocycles. The predicted molar refractivity (Wildman–Crippen MR) is 93.6 cm³/mol. The number of hydrogen-bond acceptors (Lipinski definition) is 5. The molecule has 0 aliphatic carbocycles. The average molecular weight is 339 g/mol. The largest absolute Gasteiger partial charge is 0.346 e. The number of carbonyl (C=O) groups is 1. The van der Waals surface area contributed by atoms with Crippen LogP contribution < -0.4 is 5.32 Å². The fourth-order valence-electron chi connectivity index (χ4n) is 2.18. The second-order valence-electron chi connectivity index (χ2n) is 4.94. The number of fused-ring (bicyclic) bond motifs is 1. The fraction of sp³-hybridized carbons (Fsp3) is 0.0588. The summed E-state index contributed by atoms with van der Waals surface area (Å²) in [5, 5.41) is 14.5. The Labute approximate surface area is 141 Å². The topological polar surface area (TPSA) is 85.1 Å². The highest BCUT2D eigenvalue weighted by atomic mass is 32.1. The van der Waals surface area contributed by atoms with E-state index in [4.69, 9.17) is 0 Å². The number of nitrogens with zero attached hydrogens (tertiary/aromatic N) is 2. The first-order valence-electron chi connectivity index (χ1n) is 7.17. The molecular weight excluding hydrogens is 326 g/mol. The third-order valence-electron chi connectivity index (χ3n) is 3.30. The molecule has 0 aliphatic rings. The SMILES string of the molecule is O=C(/C=C/c1ccccc1[N+](=O)[O-])NCc1nc2ccccc2s1. The molecule has 24 heavy (non-hydrogen) atoms. The van der Waals surface area contributed by atoms with Crippen molar-refractivity contribution >= 4 is 39.2 Å². The molecular formula is C17H13N3O3S. The van der Waals surface area contributed by atoms with Crippen LogP contribution in [0.4, 0.5) is 5.69 Å². The van der Waals surface area contributed by atoms with Crippen molar-refractivity contribution in [2.45, 2.75) is 6.54 Å². The summed E-state index contributed by atoms with van der Waals surface area (Å²) in [6, 6.07) is 14.0. The highest BCUT2D eigenvalue weighted by Crippen LogP contribution is 2.21. The number of nitro benzene ring substituents is 1. The Kier molecular flexibility index (Phi) is 4.62. The van der Waals surface area contributed by atoms with Gasteiger partial charge in [0, 0.05) is 12.1 Å². The van der Waals surface area contributed by atoms with E-state index in [1.165, 1.54) is 29.6 Å². The molecule has 1 heterocycles. The molecule has 0 saturated carbocycles. The predicted octanol–water partition coefficient (Wildman–Crippen LogP) is 3.53. The lowest BCUT2D eigenvalue weighted by Crippen LogP contribution is -2.20. The van der Waals surface area contributed by atoms with E-state index >= 15 is 0 Å². The van der Waals surface area contributed by atoms with E-state index in [0.717, 1.165) is 15.2 Å². The summed E-state index contributed by atoms with van der Waals surface area (Å²) in [4.78, 5) is 26.8. The molecule has 7 heteroatoms. The van der Waals surface area contributed by atoms with Gasteiger partial charge >= 0.3 is 0 Å². The van der Waals surface area contributed by atoms with E-state index in [1.54, 1.807) is 18.2 Å². The lowest BCUT2D eigenvalue weighted by molar-refractivity contribution is -0.385. The van der Waals surface area contributed by atoms with Gasteiger partial charge in [-0.2, -0.15) is 0 Å². The lowest BCUT2D eigenvalue weighted by atomic mass is 10.1. The number of hydrogen-bond donors (Lipinski definition) is 1. The fourth-order valence-corrected chi connectivity index (χ4v) is 3.08. The molecule has 1 aromatic heterocycles. The van der Waals surface area contributed by atoms with Gasteiger partial charge in [0.05, 0.1) is 27.2 Å². The molecule has 0 spiro atoms. The Morgan fingerprint density at radius 3 is 2.75 bits per heavy atom. The van der Waals surface area contributed by atoms with Crippen LogP contribution in [0, 0.1) is 10.1 Å². The molecule has 6 nitrogen and oxygen atoms in total. The molecule has 0 radical (unpaired) electrons. The summed E-state index contributed by atoms with van der Waals surface area (Å²) in [5.41, 5.74) is 1.26. The van der Waals surface area contributed by atoms with E-state index in [9.17, 15) is 14.9 Å². The first kappa shape index (κ1) is 15.8. The van der Waals surface area contributed by atoms with Crippen LogP contribution in [0.2, 0.25) is 0 Å². The smallest absolute Gasteiger partial charge is 0.276 e. The molecule has 0 fully saturated rings. The second kappa shape index (κ2) is 7.01. The first-order valence-corrected chi connectivity index (χ1v) is 7.99. The number of carbonyl (C=O) groups excluding carboxylic acids is 1. The van der Waals surface area contributed by atoms with E-state index in [1.807, 2.05) is 24.3 Å². The van der Waals surface area contributed by atoms with Gasteiger partial charge in [0.2, 0.25) is 5.91 Å². The van der Waals surface area contributed by atoms with Gasteiger partial charge in [0.25, 0.3) is 5.69 Å². The van der Waals surface area contributed by atoms with Gasteiger partial charge in [0.15, 0.2) is 0 Å². The molecule has 1 amide bonds. The van der Waals surface area contributed by atoms with Crippen molar-refractivity contribution in [2.75, 3.05) is 0 Å². The number of thiazole rings is 1. The minimum Gasteiger partial charge on any atom is -0.346 e. The number of aromatic nitrogens is 1. The summed E-state index contributed by atoms with van der Waals surface area (Å²) < 4.78 is 1.07. The Bertz CT molecular complexity index is 900. The summed E-state index contributed by atoms with van der Waals surface area (Å²) in [6.07, 6.45) is 2.72. The highest BCUT2D eigenvalue weighted by molar-refractivity contribution is 7.18. The summed E-state index contributed by atoms with van der Waals surface area (Å²) in [5.74, 6) is -0.326. The number of rotatable bonds is 5. The van der Waals surface area contributed by atoms with Crippen LogP contribution >= 0.6 is 11.3 Å². The van der Waals surface area contributed by atoms with Crippen molar-refractivity contribution < 1.29 is 9.72 Å². The van der Waals surface area contributed by atoms with Gasteiger partial charge in [-0.05, 0) is 24.3 Å². The summed E-state index contributed by atoms with van der Waals surface area (Å²) in [7, 11) is 0. The zero-order chi connectivity index (χ0) is 16.9. The van der Waals surface area contributed by atoms with Gasteiger partial charge in [0.1, 0.15) is 5.01 Å². The first-order chi connectivity index (χ1) is 11.6. The lowest BCUT2D eigenvalue weighted by Gasteiger charge is -1.99. The monoisotopic (exact) mass is 339 g/mol. The van der Waals surface area contributed by atoms with Crippen LogP contribution in [-0.4, -0.2) is 15.8 Å². The van der Waals surface area contributed by atoms with Crippen LogP contribution in [0.3, 0.4) is 0 Å². The number of para-hydroxylation sites is 2. The number of amides is 1. The minimum absolute atomic E-state index is 0.0345. The highest BCUT2D eigenvalue weighted by Gasteiger charge is 2.10. The molecule has 0 atom stereocenters. The van der Waals surface area contributed by atoms with E-state index in [2.05, 4.69) is 10.3 Å². The van der Waals surface area contributed by atoms with Crippen molar-refractivity contribution in [1.82, 2.24) is 10.3 Å². The number of nitrogens with one attached hydrogen (secondary N) is 1. The molecule has 0 aliphatic heterocycles. The minimum atomic E-state index is -0.474. The Morgan fingerprint density at radius 1 is 1.21 bits per heavy atom. The zero-order valence-corrected chi connectivity index (χ0v) is 13.3. The number of nitro groups is 1. The summed E-state index contributed by atoms with van der Waals surface area (Å²) in [6.45, 7) is 0.319. The third kappa shape index (κ3) is 3.64. The Morgan fingerprint density at radius 2 is 1.96 bits per heavy atom. The maximum Gasteiger partial charge on any atom is 0.276 e. The quantitative estimate of drug-likeness (QED) is 0.438. The van der Waals surface area contributed by atoms with Gasteiger partial charge in [-0.1, -0.05) is 24.3 Å². The Balaban J connectivity index is 1.64. The van der Waals surface area contributed by atoms with Gasteiger partial charge in [-0.3, -0.25) is 14.9 Å². The zero-order valence-electron chi connectivity index (χ0n) is 12.5. The normalized spacial score (nSPS) is 11.0. The maximum atomic E-state index is 11.9. The van der Waals surface area contributed by atoms with E-state index < -0.39 is 4.92 Å². The van der Waals surface area contributed by atoms with Crippen LogP contribution in [-0.2, 0) is 11.3 Å². The standard InChI is InChI=1S/C17H13N3O3S/c21-16(10-9-12-5-1-3-7-14(12)20(22)23)18-11-17-19-13-6-2-4-8-15(13)24-17/h1-10H,11H2,(H,18,21)/b10-9+. The van der Waals surface area contributed by atoms with Crippen molar-refractivity contribution in [2.24, 2.45) is 0 Å². The molecule has 3 rings (SSSR count). The molecule has 0 saturated heterocycles. The van der Waals surface area contributed by atoms with E-state index in [-0.39, 0.29) is 11.6 Å². The maximum absolute atomic E-state index is 11.9. The third-order valence-corrected chi connectivity index (χ3v) is 4.34. The Hall–Kier alpha value is -3.06. The number of benzene rings is 2. The second-order valence-corrected chi connectivity index (χ2v) is 6.06. The molecule has 3 aromatic rings. The molecule has 0 bridgehead atoms. The van der Waals surface area contributed by atoms with Gasteiger partial charge in [-0.15, -0.1) is 11.3 Å². The molecule has 120 valence electrons. The van der Waals surface area contributed by atoms with Crippen molar-refractivity contribution in [3.8, 4) is 0 Å².